The van der Waals surface area contributed by atoms with Crippen LogP contribution in [-0.4, -0.2) is 46.8 Å². The molecule has 2 N–H and O–H groups in total. The minimum absolute atomic E-state index is 0.0114. The van der Waals surface area contributed by atoms with Gasteiger partial charge in [0.25, 0.3) is 0 Å². The topological polar surface area (TPSA) is 58.9 Å². The number of rotatable bonds is 1. The Morgan fingerprint density at radius 3 is 2.73 bits per heavy atom. The van der Waals surface area contributed by atoms with Crippen molar-refractivity contribution in [3.05, 3.63) is 0 Å². The number of aliphatic hydroxyl groups is 2. The van der Waals surface area contributed by atoms with Crippen LogP contribution in [0.2, 0.25) is 0 Å². The highest BCUT2D eigenvalue weighted by Gasteiger charge is 2.44. The molecule has 3 aliphatic rings. The lowest BCUT2D eigenvalue weighted by molar-refractivity contribution is -0.277. The van der Waals surface area contributed by atoms with E-state index in [0.29, 0.717) is 11.9 Å². The first-order valence-corrected chi connectivity index (χ1v) is 6.55. The van der Waals surface area contributed by atoms with Gasteiger partial charge in [-0.15, -0.1) is 0 Å². The van der Waals surface area contributed by atoms with Gasteiger partial charge in [-0.05, 0) is 12.8 Å². The maximum Gasteiger partial charge on any atom is 0.186 e. The first-order chi connectivity index (χ1) is 7.24. The summed E-state index contributed by atoms with van der Waals surface area (Å²) in [6.45, 7) is 0.593. The van der Waals surface area contributed by atoms with Crippen molar-refractivity contribution in [2.75, 3.05) is 11.9 Å². The molecule has 88 valence electrons. The fraction of sp³-hybridized carbons (Fsp3) is 1.00. The largest absolute Gasteiger partial charge is 0.390 e. The van der Waals surface area contributed by atoms with E-state index in [9.17, 15) is 10.2 Å². The van der Waals surface area contributed by atoms with Crippen LogP contribution in [0.3, 0.4) is 0 Å². The van der Waals surface area contributed by atoms with Crippen molar-refractivity contribution in [2.24, 2.45) is 5.92 Å². The molecule has 3 fully saturated rings. The Balaban J connectivity index is 2.16. The molecule has 0 aliphatic carbocycles. The molecule has 3 saturated heterocycles. The molecule has 0 aromatic rings. The SMILES string of the molecule is OC1[C@H]2OCCCC[C@H](C(CBr)O2)[C@@H]1O. The van der Waals surface area contributed by atoms with E-state index in [2.05, 4.69) is 15.9 Å². The van der Waals surface area contributed by atoms with Crippen LogP contribution in [0, 0.1) is 5.92 Å². The van der Waals surface area contributed by atoms with E-state index in [1.807, 2.05) is 0 Å². The zero-order valence-corrected chi connectivity index (χ0v) is 10.1. The zero-order chi connectivity index (χ0) is 10.8. The third-order valence-electron chi connectivity index (χ3n) is 3.22. The second kappa shape index (κ2) is 5.10. The van der Waals surface area contributed by atoms with Gasteiger partial charge in [-0.25, -0.2) is 0 Å². The number of ether oxygens (including phenoxy) is 2. The van der Waals surface area contributed by atoms with E-state index in [0.717, 1.165) is 19.3 Å². The normalized spacial score (nSPS) is 47.0. The minimum atomic E-state index is -0.914. The van der Waals surface area contributed by atoms with Gasteiger partial charge in [0.2, 0.25) is 0 Å². The number of fused-ring (bicyclic) bond motifs is 6. The quantitative estimate of drug-likeness (QED) is 0.693. The summed E-state index contributed by atoms with van der Waals surface area (Å²) in [5, 5.41) is 20.4. The van der Waals surface area contributed by atoms with E-state index < -0.39 is 18.5 Å². The van der Waals surface area contributed by atoms with Crippen molar-refractivity contribution < 1.29 is 19.7 Å². The summed E-state index contributed by atoms with van der Waals surface area (Å²) in [5.41, 5.74) is 0. The summed E-state index contributed by atoms with van der Waals surface area (Å²) in [7, 11) is 0. The number of halogens is 1. The van der Waals surface area contributed by atoms with E-state index in [1.165, 1.54) is 0 Å². The van der Waals surface area contributed by atoms with E-state index in [-0.39, 0.29) is 12.0 Å². The fourth-order valence-corrected chi connectivity index (χ4v) is 2.95. The summed E-state index contributed by atoms with van der Waals surface area (Å²) in [6, 6.07) is 0. The average molecular weight is 281 g/mol. The van der Waals surface area contributed by atoms with Crippen LogP contribution < -0.4 is 0 Å². The molecule has 0 aromatic carbocycles. The minimum Gasteiger partial charge on any atom is -0.390 e. The molecule has 5 atom stereocenters. The van der Waals surface area contributed by atoms with Gasteiger partial charge in [-0.2, -0.15) is 0 Å². The predicted molar refractivity (Wildman–Crippen MR) is 57.8 cm³/mol. The van der Waals surface area contributed by atoms with E-state index in [4.69, 9.17) is 9.47 Å². The highest BCUT2D eigenvalue weighted by Crippen LogP contribution is 2.32. The smallest absolute Gasteiger partial charge is 0.186 e. The standard InChI is InChI=1S/C10H17BrO4/c11-5-7-6-3-1-2-4-14-10(15-7)9(13)8(6)12/h6-10,12-13H,1-5H2/t6-,7?,8+,9?,10+/m1/s1. The Labute approximate surface area is 97.7 Å². The highest BCUT2D eigenvalue weighted by atomic mass is 79.9. The van der Waals surface area contributed by atoms with Crippen molar-refractivity contribution >= 4 is 15.9 Å². The second-order valence-electron chi connectivity index (χ2n) is 4.21. The molecule has 4 nitrogen and oxygen atoms in total. The van der Waals surface area contributed by atoms with Crippen LogP contribution >= 0.6 is 15.9 Å². The van der Waals surface area contributed by atoms with Gasteiger partial charge >= 0.3 is 0 Å². The first kappa shape index (κ1) is 11.8. The number of alkyl halides is 1. The highest BCUT2D eigenvalue weighted by molar-refractivity contribution is 9.09. The van der Waals surface area contributed by atoms with Crippen LogP contribution in [0.25, 0.3) is 0 Å². The molecular weight excluding hydrogens is 264 g/mol. The summed E-state index contributed by atoms with van der Waals surface area (Å²) in [6.07, 6.45) is 0.472. The Hall–Kier alpha value is 0.320. The van der Waals surface area contributed by atoms with Crippen LogP contribution in [0.15, 0.2) is 0 Å². The molecular formula is C10H17BrO4. The lowest BCUT2D eigenvalue weighted by Gasteiger charge is -2.41. The van der Waals surface area contributed by atoms with Crippen LogP contribution in [-0.2, 0) is 9.47 Å². The van der Waals surface area contributed by atoms with Crippen molar-refractivity contribution in [1.82, 2.24) is 0 Å². The number of aliphatic hydroxyl groups excluding tert-OH is 2. The predicted octanol–water partition coefficient (Wildman–Crippen LogP) is 0.645. The lowest BCUT2D eigenvalue weighted by atomic mass is 9.86. The van der Waals surface area contributed by atoms with Crippen LogP contribution in [0.4, 0.5) is 0 Å². The molecule has 5 heteroatoms. The first-order valence-electron chi connectivity index (χ1n) is 5.43. The average Bonchev–Trinajstić information content (AvgIpc) is 2.38. The molecule has 0 aromatic heterocycles. The molecule has 15 heavy (non-hydrogen) atoms. The summed E-state index contributed by atoms with van der Waals surface area (Å²) < 4.78 is 11.0. The Bertz CT molecular complexity index is 210. The molecule has 2 bridgehead atoms. The summed E-state index contributed by atoms with van der Waals surface area (Å²) >= 11 is 3.37. The van der Waals surface area contributed by atoms with Crippen molar-refractivity contribution in [3.8, 4) is 0 Å². The molecule has 3 aliphatic heterocycles. The van der Waals surface area contributed by atoms with Crippen LogP contribution in [0.1, 0.15) is 19.3 Å². The number of hydrogen-bond donors (Lipinski definition) is 2. The van der Waals surface area contributed by atoms with Gasteiger partial charge in [0, 0.05) is 17.9 Å². The third kappa shape index (κ3) is 2.36. The molecule has 0 radical (unpaired) electrons. The summed E-state index contributed by atoms with van der Waals surface area (Å²) in [4.78, 5) is 0. The molecule has 0 saturated carbocycles. The second-order valence-corrected chi connectivity index (χ2v) is 4.86. The van der Waals surface area contributed by atoms with Gasteiger partial charge < -0.3 is 19.7 Å². The fourth-order valence-electron chi connectivity index (χ4n) is 2.31. The molecule has 3 heterocycles. The molecule has 0 amide bonds. The third-order valence-corrected chi connectivity index (χ3v) is 3.86. The van der Waals surface area contributed by atoms with E-state index in [1.54, 1.807) is 0 Å². The number of hydrogen-bond acceptors (Lipinski definition) is 4. The van der Waals surface area contributed by atoms with Gasteiger partial charge in [0.1, 0.15) is 6.10 Å². The Morgan fingerprint density at radius 2 is 2.00 bits per heavy atom. The van der Waals surface area contributed by atoms with Crippen molar-refractivity contribution in [2.45, 2.75) is 43.9 Å². The van der Waals surface area contributed by atoms with Gasteiger partial charge in [0.05, 0.1) is 12.2 Å². The molecule has 0 spiro atoms. The lowest BCUT2D eigenvalue weighted by Crippen LogP contribution is -2.55. The maximum atomic E-state index is 9.97. The van der Waals surface area contributed by atoms with Gasteiger partial charge in [-0.3, -0.25) is 0 Å². The van der Waals surface area contributed by atoms with E-state index >= 15 is 0 Å². The maximum absolute atomic E-state index is 9.97. The molecule has 3 rings (SSSR count). The summed E-state index contributed by atoms with van der Waals surface area (Å²) in [5.74, 6) is 0.0114. The zero-order valence-electron chi connectivity index (χ0n) is 8.51. The van der Waals surface area contributed by atoms with Crippen molar-refractivity contribution in [1.29, 1.82) is 0 Å². The van der Waals surface area contributed by atoms with Crippen LogP contribution in [0.5, 0.6) is 0 Å². The Morgan fingerprint density at radius 1 is 1.20 bits per heavy atom. The van der Waals surface area contributed by atoms with Gasteiger partial charge in [-0.1, -0.05) is 22.4 Å². The van der Waals surface area contributed by atoms with Crippen molar-refractivity contribution in [3.63, 3.8) is 0 Å². The Kier molecular flexibility index (Phi) is 4.01. The molecule has 2 unspecified atom stereocenters. The monoisotopic (exact) mass is 280 g/mol. The van der Waals surface area contributed by atoms with Gasteiger partial charge in [0.15, 0.2) is 6.29 Å².